The summed E-state index contributed by atoms with van der Waals surface area (Å²) in [7, 11) is -4.02. The van der Waals surface area contributed by atoms with E-state index in [0.29, 0.717) is 25.3 Å². The molecule has 0 aliphatic carbocycles. The summed E-state index contributed by atoms with van der Waals surface area (Å²) >= 11 is 5.73. The number of nitrogens with one attached hydrogen (secondary N) is 1. The summed E-state index contributed by atoms with van der Waals surface area (Å²) in [6.45, 7) is 1.05. The molecule has 2 aromatic rings. The molecule has 1 saturated heterocycles. The smallest absolute Gasteiger partial charge is 0.265 e. The first-order valence-electron chi connectivity index (χ1n) is 6.66. The summed E-state index contributed by atoms with van der Waals surface area (Å²) in [6, 6.07) is 1.36. The van der Waals surface area contributed by atoms with E-state index in [1.54, 1.807) is 0 Å². The minimum Gasteiger partial charge on any atom is -0.379 e. The van der Waals surface area contributed by atoms with Crippen LogP contribution in [0.4, 0.5) is 14.5 Å². The largest absolute Gasteiger partial charge is 0.379 e. The van der Waals surface area contributed by atoms with Crippen molar-refractivity contribution in [3.05, 3.63) is 41.2 Å². The van der Waals surface area contributed by atoms with Gasteiger partial charge in [0.25, 0.3) is 10.0 Å². The number of aromatic nitrogens is 2. The van der Waals surface area contributed by atoms with E-state index in [2.05, 4.69) is 9.82 Å². The van der Waals surface area contributed by atoms with Gasteiger partial charge in [-0.2, -0.15) is 5.10 Å². The molecule has 1 N–H and O–H groups in total. The van der Waals surface area contributed by atoms with Crippen LogP contribution in [0.15, 0.2) is 29.4 Å². The molecule has 0 bridgehead atoms. The lowest BCUT2D eigenvalue weighted by Gasteiger charge is -2.09. The number of hydrogen-bond acceptors (Lipinski definition) is 4. The standard InChI is InChI=1S/C13H12ClF2N3O3S/c14-10-3-11(15)12(16)4-13(10)18-23(20,21)9-5-17-19(6-9)8-1-2-22-7-8/h3-6,8,18H,1-2,7H2/t8-/m0/s1. The van der Waals surface area contributed by atoms with E-state index in [-0.39, 0.29) is 21.6 Å². The first kappa shape index (κ1) is 16.2. The maximum Gasteiger partial charge on any atom is 0.265 e. The first-order chi connectivity index (χ1) is 10.9. The zero-order valence-electron chi connectivity index (χ0n) is 11.7. The van der Waals surface area contributed by atoms with Gasteiger partial charge in [0.1, 0.15) is 4.90 Å². The third-order valence-corrected chi connectivity index (χ3v) is 5.05. The van der Waals surface area contributed by atoms with E-state index in [0.717, 1.165) is 6.42 Å². The highest BCUT2D eigenvalue weighted by atomic mass is 35.5. The van der Waals surface area contributed by atoms with Crippen molar-refractivity contribution in [1.82, 2.24) is 9.78 Å². The Kier molecular flexibility index (Phi) is 4.26. The van der Waals surface area contributed by atoms with Crippen molar-refractivity contribution in [1.29, 1.82) is 0 Å². The van der Waals surface area contributed by atoms with Crippen LogP contribution in [0.2, 0.25) is 5.02 Å². The molecule has 124 valence electrons. The third kappa shape index (κ3) is 3.31. The van der Waals surface area contributed by atoms with Crippen molar-refractivity contribution >= 4 is 27.3 Å². The molecule has 6 nitrogen and oxygen atoms in total. The molecule has 3 rings (SSSR count). The molecular weight excluding hydrogens is 352 g/mol. The molecule has 1 aromatic carbocycles. The highest BCUT2D eigenvalue weighted by Gasteiger charge is 2.23. The van der Waals surface area contributed by atoms with Gasteiger partial charge in [0.05, 0.1) is 29.6 Å². The average molecular weight is 364 g/mol. The second-order valence-corrected chi connectivity index (χ2v) is 7.11. The number of halogens is 3. The van der Waals surface area contributed by atoms with Crippen LogP contribution in [-0.2, 0) is 14.8 Å². The first-order valence-corrected chi connectivity index (χ1v) is 8.52. The Labute approximate surface area is 136 Å². The second-order valence-electron chi connectivity index (χ2n) is 5.03. The average Bonchev–Trinajstić information content (AvgIpc) is 3.15. The van der Waals surface area contributed by atoms with E-state index in [1.807, 2.05) is 0 Å². The van der Waals surface area contributed by atoms with Gasteiger partial charge in [-0.15, -0.1) is 0 Å². The summed E-state index contributed by atoms with van der Waals surface area (Å²) < 4.78 is 59.7. The quantitative estimate of drug-likeness (QED) is 0.847. The summed E-state index contributed by atoms with van der Waals surface area (Å²) in [5.41, 5.74) is -0.248. The molecule has 23 heavy (non-hydrogen) atoms. The van der Waals surface area contributed by atoms with Gasteiger partial charge in [0.15, 0.2) is 11.6 Å². The molecule has 1 aliphatic rings. The number of benzene rings is 1. The fraction of sp³-hybridized carbons (Fsp3) is 0.308. The number of rotatable bonds is 4. The number of nitrogens with zero attached hydrogens (tertiary/aromatic N) is 2. The fourth-order valence-electron chi connectivity index (χ4n) is 2.19. The van der Waals surface area contributed by atoms with Gasteiger partial charge in [0.2, 0.25) is 0 Å². The van der Waals surface area contributed by atoms with Gasteiger partial charge in [-0.3, -0.25) is 9.40 Å². The van der Waals surface area contributed by atoms with Gasteiger partial charge in [-0.05, 0) is 12.5 Å². The van der Waals surface area contributed by atoms with Crippen LogP contribution in [-0.4, -0.2) is 31.4 Å². The van der Waals surface area contributed by atoms with Crippen LogP contribution < -0.4 is 4.72 Å². The fourth-order valence-corrected chi connectivity index (χ4v) is 3.46. The van der Waals surface area contributed by atoms with Crippen molar-refractivity contribution in [2.24, 2.45) is 0 Å². The number of sulfonamides is 1. The molecule has 10 heteroatoms. The zero-order valence-corrected chi connectivity index (χ0v) is 13.2. The van der Waals surface area contributed by atoms with E-state index in [4.69, 9.17) is 16.3 Å². The lowest BCUT2D eigenvalue weighted by Crippen LogP contribution is -2.13. The summed E-state index contributed by atoms with van der Waals surface area (Å²) in [5.74, 6) is -2.36. The molecular formula is C13H12ClF2N3O3S. The van der Waals surface area contributed by atoms with Crippen molar-refractivity contribution in [2.45, 2.75) is 17.4 Å². The molecule has 1 fully saturated rings. The Morgan fingerprint density at radius 1 is 1.35 bits per heavy atom. The monoisotopic (exact) mass is 363 g/mol. The zero-order chi connectivity index (χ0) is 16.6. The topological polar surface area (TPSA) is 73.2 Å². The van der Waals surface area contributed by atoms with Gasteiger partial charge >= 0.3 is 0 Å². The SMILES string of the molecule is O=S(=O)(Nc1cc(F)c(F)cc1Cl)c1cnn([C@H]2CCOC2)c1. The summed E-state index contributed by atoms with van der Waals surface area (Å²) in [6.07, 6.45) is 3.27. The van der Waals surface area contributed by atoms with E-state index in [1.165, 1.54) is 17.1 Å². The summed E-state index contributed by atoms with van der Waals surface area (Å²) in [4.78, 5) is -0.106. The van der Waals surface area contributed by atoms with Gasteiger partial charge in [0, 0.05) is 18.9 Å². The summed E-state index contributed by atoms with van der Waals surface area (Å²) in [5, 5.41) is 3.76. The van der Waals surface area contributed by atoms with Crippen LogP contribution in [0.1, 0.15) is 12.5 Å². The molecule has 0 saturated carbocycles. The van der Waals surface area contributed by atoms with Crippen molar-refractivity contribution in [2.75, 3.05) is 17.9 Å². The Morgan fingerprint density at radius 2 is 2.09 bits per heavy atom. The third-order valence-electron chi connectivity index (χ3n) is 3.42. The predicted molar refractivity (Wildman–Crippen MR) is 78.9 cm³/mol. The van der Waals surface area contributed by atoms with Crippen LogP contribution in [0, 0.1) is 11.6 Å². The van der Waals surface area contributed by atoms with Crippen molar-refractivity contribution < 1.29 is 21.9 Å². The highest BCUT2D eigenvalue weighted by Crippen LogP contribution is 2.27. The van der Waals surface area contributed by atoms with E-state index in [9.17, 15) is 17.2 Å². The molecule has 0 amide bonds. The molecule has 1 atom stereocenters. The van der Waals surface area contributed by atoms with Crippen LogP contribution in [0.5, 0.6) is 0 Å². The second kappa shape index (κ2) is 6.06. The number of hydrogen-bond donors (Lipinski definition) is 1. The molecule has 0 radical (unpaired) electrons. The van der Waals surface area contributed by atoms with Crippen molar-refractivity contribution in [3.8, 4) is 0 Å². The Balaban J connectivity index is 1.86. The Hall–Kier alpha value is -1.71. The normalized spacial score (nSPS) is 18.3. The minimum atomic E-state index is -4.02. The van der Waals surface area contributed by atoms with Gasteiger partial charge in [-0.1, -0.05) is 11.6 Å². The Morgan fingerprint density at radius 3 is 2.78 bits per heavy atom. The number of ether oxygens (including phenoxy) is 1. The van der Waals surface area contributed by atoms with Gasteiger partial charge < -0.3 is 4.74 Å². The molecule has 0 unspecified atom stereocenters. The number of anilines is 1. The highest BCUT2D eigenvalue weighted by molar-refractivity contribution is 7.92. The molecule has 2 heterocycles. The van der Waals surface area contributed by atoms with Crippen molar-refractivity contribution in [3.63, 3.8) is 0 Å². The molecule has 1 aliphatic heterocycles. The maximum absolute atomic E-state index is 13.2. The molecule has 0 spiro atoms. The van der Waals surface area contributed by atoms with Crippen LogP contribution >= 0.6 is 11.6 Å². The molecule has 1 aromatic heterocycles. The predicted octanol–water partition coefficient (Wildman–Crippen LogP) is 2.58. The Bertz CT molecular complexity index is 835. The lowest BCUT2D eigenvalue weighted by molar-refractivity contribution is 0.184. The minimum absolute atomic E-state index is 0.0224. The van der Waals surface area contributed by atoms with Crippen LogP contribution in [0.25, 0.3) is 0 Å². The lowest BCUT2D eigenvalue weighted by atomic mass is 10.3. The maximum atomic E-state index is 13.2. The van der Waals surface area contributed by atoms with E-state index >= 15 is 0 Å². The van der Waals surface area contributed by atoms with E-state index < -0.39 is 21.7 Å². The van der Waals surface area contributed by atoms with Gasteiger partial charge in [-0.25, -0.2) is 17.2 Å². The van der Waals surface area contributed by atoms with Crippen LogP contribution in [0.3, 0.4) is 0 Å².